The van der Waals surface area contributed by atoms with Crippen LogP contribution in [0.4, 0.5) is 11.4 Å². The van der Waals surface area contributed by atoms with Crippen molar-refractivity contribution in [2.75, 3.05) is 18.0 Å². The Morgan fingerprint density at radius 2 is 2.30 bits per heavy atom. The molecule has 1 atom stereocenters. The molecule has 1 aliphatic heterocycles. The number of non-ortho nitro benzene ring substituents is 1. The van der Waals surface area contributed by atoms with E-state index in [1.165, 1.54) is 18.2 Å². The van der Waals surface area contributed by atoms with E-state index in [2.05, 4.69) is 11.8 Å². The van der Waals surface area contributed by atoms with E-state index in [1.54, 1.807) is 6.07 Å². The van der Waals surface area contributed by atoms with Crippen LogP contribution < -0.4 is 4.90 Å². The summed E-state index contributed by atoms with van der Waals surface area (Å²) in [6, 6.07) is 4.56. The van der Waals surface area contributed by atoms with Gasteiger partial charge in [0.05, 0.1) is 4.92 Å². The van der Waals surface area contributed by atoms with Gasteiger partial charge >= 0.3 is 5.97 Å². The quantitative estimate of drug-likeness (QED) is 0.519. The van der Waals surface area contributed by atoms with E-state index in [4.69, 9.17) is 5.11 Å². The largest absolute Gasteiger partial charge is 0.478 e. The fourth-order valence-electron chi connectivity index (χ4n) is 2.39. The zero-order valence-electron chi connectivity index (χ0n) is 11.2. The second-order valence-electron chi connectivity index (χ2n) is 5.01. The molecule has 6 nitrogen and oxygen atoms in total. The Bertz CT molecular complexity index is 568. The summed E-state index contributed by atoms with van der Waals surface area (Å²) in [5.74, 6) is -0.501. The van der Waals surface area contributed by atoms with E-state index in [9.17, 15) is 14.9 Å². The highest BCUT2D eigenvalue weighted by Gasteiger charge is 2.21. The number of nitro benzene ring substituents is 1. The minimum Gasteiger partial charge on any atom is -0.478 e. The number of carbonyl (C=O) groups is 1. The third kappa shape index (κ3) is 3.14. The van der Waals surface area contributed by atoms with Crippen LogP contribution in [0.25, 0.3) is 6.08 Å². The third-order valence-corrected chi connectivity index (χ3v) is 3.39. The van der Waals surface area contributed by atoms with Gasteiger partial charge in [-0.15, -0.1) is 0 Å². The summed E-state index contributed by atoms with van der Waals surface area (Å²) in [4.78, 5) is 23.1. The molecule has 1 unspecified atom stereocenters. The Hall–Kier alpha value is -2.37. The second kappa shape index (κ2) is 5.73. The fourth-order valence-corrected chi connectivity index (χ4v) is 2.39. The standard InChI is InChI=1S/C14H16N2O4/c1-10-6-7-15(9-10)13-4-3-12(16(19)20)8-11(13)2-5-14(17)18/h2-5,8,10H,6-7,9H2,1H3,(H,17,18). The molecular formula is C14H16N2O4. The summed E-state index contributed by atoms with van der Waals surface area (Å²) in [7, 11) is 0. The van der Waals surface area contributed by atoms with Gasteiger partial charge < -0.3 is 10.0 Å². The number of hydrogen-bond donors (Lipinski definition) is 1. The molecule has 0 amide bonds. The molecule has 6 heteroatoms. The Morgan fingerprint density at radius 3 is 2.85 bits per heavy atom. The van der Waals surface area contributed by atoms with E-state index in [1.807, 2.05) is 0 Å². The number of nitro groups is 1. The first-order valence-electron chi connectivity index (χ1n) is 6.42. The molecule has 1 heterocycles. The van der Waals surface area contributed by atoms with Gasteiger partial charge in [-0.1, -0.05) is 6.92 Å². The monoisotopic (exact) mass is 276 g/mol. The molecule has 1 aromatic carbocycles. The van der Waals surface area contributed by atoms with E-state index in [0.717, 1.165) is 31.3 Å². The van der Waals surface area contributed by atoms with E-state index < -0.39 is 10.9 Å². The SMILES string of the molecule is CC1CCN(c2ccc([N+](=O)[O-])cc2C=CC(=O)O)C1. The van der Waals surface area contributed by atoms with Gasteiger partial charge in [-0.2, -0.15) is 0 Å². The zero-order chi connectivity index (χ0) is 14.7. The lowest BCUT2D eigenvalue weighted by Gasteiger charge is -2.20. The summed E-state index contributed by atoms with van der Waals surface area (Å²) >= 11 is 0. The number of nitrogens with zero attached hydrogens (tertiary/aromatic N) is 2. The van der Waals surface area contributed by atoms with Crippen molar-refractivity contribution < 1.29 is 14.8 Å². The minimum absolute atomic E-state index is 0.0361. The average Bonchev–Trinajstić information content (AvgIpc) is 2.82. The van der Waals surface area contributed by atoms with Crippen LogP contribution in [-0.4, -0.2) is 29.1 Å². The lowest BCUT2D eigenvalue weighted by atomic mass is 10.1. The number of carboxylic acid groups (broad SMARTS) is 1. The number of rotatable bonds is 4. The lowest BCUT2D eigenvalue weighted by Crippen LogP contribution is -2.20. The molecule has 0 aromatic heterocycles. The number of anilines is 1. The molecule has 0 radical (unpaired) electrons. The maximum atomic E-state index is 10.8. The van der Waals surface area contributed by atoms with Crippen LogP contribution in [0.2, 0.25) is 0 Å². The predicted octanol–water partition coefficient (Wildman–Crippen LogP) is 2.54. The molecule has 106 valence electrons. The molecular weight excluding hydrogens is 260 g/mol. The Kier molecular flexibility index (Phi) is 4.02. The normalized spacial score (nSPS) is 18.6. The van der Waals surface area contributed by atoms with Crippen LogP contribution in [0.15, 0.2) is 24.3 Å². The zero-order valence-corrected chi connectivity index (χ0v) is 11.2. The van der Waals surface area contributed by atoms with Crippen LogP contribution in [0.5, 0.6) is 0 Å². The number of benzene rings is 1. The first-order chi connectivity index (χ1) is 9.47. The highest BCUT2D eigenvalue weighted by molar-refractivity contribution is 5.87. The summed E-state index contributed by atoms with van der Waals surface area (Å²) in [6.45, 7) is 3.91. The van der Waals surface area contributed by atoms with Gasteiger partial charge in [0.25, 0.3) is 5.69 Å². The summed E-state index contributed by atoms with van der Waals surface area (Å²) < 4.78 is 0. The Labute approximate surface area is 116 Å². The molecule has 0 saturated carbocycles. The van der Waals surface area contributed by atoms with Crippen LogP contribution in [0.3, 0.4) is 0 Å². The van der Waals surface area contributed by atoms with Gasteiger partial charge in [0.1, 0.15) is 0 Å². The van der Waals surface area contributed by atoms with Crippen LogP contribution in [0.1, 0.15) is 18.9 Å². The Morgan fingerprint density at radius 1 is 1.55 bits per heavy atom. The van der Waals surface area contributed by atoms with Crippen molar-refractivity contribution in [3.05, 3.63) is 40.0 Å². The molecule has 1 N–H and O–H groups in total. The minimum atomic E-state index is -1.07. The van der Waals surface area contributed by atoms with Crippen molar-refractivity contribution in [3.8, 4) is 0 Å². The van der Waals surface area contributed by atoms with Crippen LogP contribution >= 0.6 is 0 Å². The second-order valence-corrected chi connectivity index (χ2v) is 5.01. The molecule has 20 heavy (non-hydrogen) atoms. The molecule has 1 saturated heterocycles. The molecule has 0 spiro atoms. The number of aliphatic carboxylic acids is 1. The summed E-state index contributed by atoms with van der Waals surface area (Å²) in [6.07, 6.45) is 3.48. The van der Waals surface area contributed by atoms with Gasteiger partial charge in [0, 0.05) is 42.5 Å². The predicted molar refractivity (Wildman–Crippen MR) is 75.8 cm³/mol. The molecule has 0 aliphatic carbocycles. The van der Waals surface area contributed by atoms with Gasteiger partial charge in [-0.05, 0) is 24.5 Å². The van der Waals surface area contributed by atoms with Gasteiger partial charge in [0.2, 0.25) is 0 Å². The maximum absolute atomic E-state index is 10.8. The van der Waals surface area contributed by atoms with Crippen molar-refractivity contribution in [2.24, 2.45) is 5.92 Å². The third-order valence-electron chi connectivity index (χ3n) is 3.39. The van der Waals surface area contributed by atoms with Gasteiger partial charge in [-0.25, -0.2) is 4.79 Å². The van der Waals surface area contributed by atoms with Crippen LogP contribution in [0, 0.1) is 16.0 Å². The van der Waals surface area contributed by atoms with E-state index >= 15 is 0 Å². The molecule has 1 fully saturated rings. The smallest absolute Gasteiger partial charge is 0.328 e. The fraction of sp³-hybridized carbons (Fsp3) is 0.357. The number of hydrogen-bond acceptors (Lipinski definition) is 4. The molecule has 0 bridgehead atoms. The number of carboxylic acids is 1. The highest BCUT2D eigenvalue weighted by Crippen LogP contribution is 2.30. The summed E-state index contributed by atoms with van der Waals surface area (Å²) in [5.41, 5.74) is 1.37. The van der Waals surface area contributed by atoms with Crippen molar-refractivity contribution in [3.63, 3.8) is 0 Å². The van der Waals surface area contributed by atoms with Crippen molar-refractivity contribution in [2.45, 2.75) is 13.3 Å². The van der Waals surface area contributed by atoms with Gasteiger partial charge in [0.15, 0.2) is 0 Å². The van der Waals surface area contributed by atoms with E-state index in [-0.39, 0.29) is 5.69 Å². The van der Waals surface area contributed by atoms with Crippen molar-refractivity contribution >= 4 is 23.4 Å². The van der Waals surface area contributed by atoms with Gasteiger partial charge in [-0.3, -0.25) is 10.1 Å². The molecule has 2 rings (SSSR count). The average molecular weight is 276 g/mol. The lowest BCUT2D eigenvalue weighted by molar-refractivity contribution is -0.384. The molecule has 1 aromatic rings. The first kappa shape index (κ1) is 14.0. The van der Waals surface area contributed by atoms with E-state index in [0.29, 0.717) is 11.5 Å². The summed E-state index contributed by atoms with van der Waals surface area (Å²) in [5, 5.41) is 19.5. The molecule has 1 aliphatic rings. The van der Waals surface area contributed by atoms with Crippen LogP contribution in [-0.2, 0) is 4.79 Å². The first-order valence-corrected chi connectivity index (χ1v) is 6.42. The highest BCUT2D eigenvalue weighted by atomic mass is 16.6. The maximum Gasteiger partial charge on any atom is 0.328 e. The van der Waals surface area contributed by atoms with Crippen molar-refractivity contribution in [1.82, 2.24) is 0 Å². The Balaban J connectivity index is 2.39. The van der Waals surface area contributed by atoms with Crippen molar-refractivity contribution in [1.29, 1.82) is 0 Å². The topological polar surface area (TPSA) is 83.7 Å².